The summed E-state index contributed by atoms with van der Waals surface area (Å²) in [6.45, 7) is 2.72. The van der Waals surface area contributed by atoms with E-state index in [4.69, 9.17) is 4.42 Å². The van der Waals surface area contributed by atoms with E-state index in [1.165, 1.54) is 6.26 Å². The number of rotatable bonds is 5. The number of piperazine rings is 1. The molecule has 0 atom stereocenters. The van der Waals surface area contributed by atoms with Crippen LogP contribution < -0.4 is 10.2 Å². The van der Waals surface area contributed by atoms with Crippen LogP contribution in [0.25, 0.3) is 0 Å². The molecule has 1 saturated heterocycles. The second kappa shape index (κ2) is 8.51. The molecule has 148 valence electrons. The van der Waals surface area contributed by atoms with Crippen LogP contribution in [0.15, 0.2) is 59.3 Å². The van der Waals surface area contributed by atoms with Gasteiger partial charge < -0.3 is 19.5 Å². The van der Waals surface area contributed by atoms with E-state index in [1.54, 1.807) is 35.4 Å². The van der Waals surface area contributed by atoms with Gasteiger partial charge in [0.2, 0.25) is 0 Å². The van der Waals surface area contributed by atoms with Gasteiger partial charge in [-0.15, -0.1) is 10.2 Å². The molecule has 3 aromatic heterocycles. The van der Waals surface area contributed by atoms with Crippen LogP contribution in [0.3, 0.4) is 0 Å². The Labute approximate surface area is 167 Å². The summed E-state index contributed by atoms with van der Waals surface area (Å²) in [5, 5.41) is 11.0. The molecule has 1 aliphatic rings. The zero-order valence-corrected chi connectivity index (χ0v) is 15.7. The van der Waals surface area contributed by atoms with Gasteiger partial charge in [-0.25, -0.2) is 0 Å². The van der Waals surface area contributed by atoms with Gasteiger partial charge in [-0.05, 0) is 36.4 Å². The molecule has 1 aliphatic heterocycles. The number of nitrogens with one attached hydrogen (secondary N) is 1. The zero-order chi connectivity index (χ0) is 20.1. The summed E-state index contributed by atoms with van der Waals surface area (Å²) < 4.78 is 5.17. The van der Waals surface area contributed by atoms with Crippen molar-refractivity contribution in [3.8, 4) is 0 Å². The number of nitrogens with zero attached hydrogens (tertiary/aromatic N) is 5. The Kier molecular flexibility index (Phi) is 5.46. The number of hydrogen-bond donors (Lipinski definition) is 1. The molecule has 3 aromatic rings. The Morgan fingerprint density at radius 3 is 2.52 bits per heavy atom. The average Bonchev–Trinajstić information content (AvgIpc) is 3.33. The van der Waals surface area contributed by atoms with Crippen molar-refractivity contribution in [3.63, 3.8) is 0 Å². The van der Waals surface area contributed by atoms with E-state index in [1.807, 2.05) is 23.1 Å². The van der Waals surface area contributed by atoms with Crippen LogP contribution in [-0.4, -0.2) is 58.1 Å². The number of anilines is 1. The first-order valence-corrected chi connectivity index (χ1v) is 9.30. The van der Waals surface area contributed by atoms with Gasteiger partial charge in [0.15, 0.2) is 17.3 Å². The Morgan fingerprint density at radius 1 is 1.00 bits per heavy atom. The van der Waals surface area contributed by atoms with Gasteiger partial charge in [0.1, 0.15) is 0 Å². The van der Waals surface area contributed by atoms with E-state index in [9.17, 15) is 9.59 Å². The minimum absolute atomic E-state index is 0.111. The minimum atomic E-state index is -0.302. The predicted octanol–water partition coefficient (Wildman–Crippen LogP) is 1.36. The highest BCUT2D eigenvalue weighted by molar-refractivity contribution is 5.92. The lowest BCUT2D eigenvalue weighted by Crippen LogP contribution is -2.49. The molecule has 4 heterocycles. The maximum atomic E-state index is 12.3. The molecule has 0 spiro atoms. The van der Waals surface area contributed by atoms with Gasteiger partial charge in [0, 0.05) is 32.4 Å². The van der Waals surface area contributed by atoms with Crippen LogP contribution in [0.2, 0.25) is 0 Å². The minimum Gasteiger partial charge on any atom is -0.459 e. The molecular formula is C20H20N6O3. The molecular weight excluding hydrogens is 372 g/mol. The van der Waals surface area contributed by atoms with Crippen molar-refractivity contribution < 1.29 is 14.0 Å². The first-order chi connectivity index (χ1) is 14.2. The zero-order valence-electron chi connectivity index (χ0n) is 15.7. The normalized spacial score (nSPS) is 13.9. The molecule has 4 rings (SSSR count). The lowest BCUT2D eigenvalue weighted by atomic mass is 10.2. The largest absolute Gasteiger partial charge is 0.459 e. The van der Waals surface area contributed by atoms with Crippen LogP contribution >= 0.6 is 0 Å². The van der Waals surface area contributed by atoms with Gasteiger partial charge in [-0.1, -0.05) is 6.07 Å². The fourth-order valence-corrected chi connectivity index (χ4v) is 3.07. The fourth-order valence-electron chi connectivity index (χ4n) is 3.07. The molecule has 1 N–H and O–H groups in total. The second-order valence-electron chi connectivity index (χ2n) is 6.54. The second-order valence-corrected chi connectivity index (χ2v) is 6.54. The van der Waals surface area contributed by atoms with E-state index in [2.05, 4.69) is 20.5 Å². The Balaban J connectivity index is 1.30. The van der Waals surface area contributed by atoms with Crippen molar-refractivity contribution in [1.82, 2.24) is 25.4 Å². The first-order valence-electron chi connectivity index (χ1n) is 9.30. The summed E-state index contributed by atoms with van der Waals surface area (Å²) in [5.41, 5.74) is 1.02. The lowest BCUT2D eigenvalue weighted by molar-refractivity contribution is 0.0714. The van der Waals surface area contributed by atoms with E-state index in [0.717, 1.165) is 5.69 Å². The summed E-state index contributed by atoms with van der Waals surface area (Å²) in [6.07, 6.45) is 3.17. The third-order valence-electron chi connectivity index (χ3n) is 4.66. The molecule has 1 fully saturated rings. The monoisotopic (exact) mass is 392 g/mol. The third kappa shape index (κ3) is 4.40. The van der Waals surface area contributed by atoms with Crippen LogP contribution in [0.5, 0.6) is 0 Å². The van der Waals surface area contributed by atoms with E-state index < -0.39 is 0 Å². The number of pyridine rings is 1. The molecule has 0 saturated carbocycles. The smallest absolute Gasteiger partial charge is 0.289 e. The van der Waals surface area contributed by atoms with Crippen LogP contribution in [0.4, 0.5) is 5.82 Å². The number of hydrogen-bond acceptors (Lipinski definition) is 7. The molecule has 2 amide bonds. The van der Waals surface area contributed by atoms with Gasteiger partial charge >= 0.3 is 0 Å². The number of carbonyl (C=O) groups excluding carboxylic acids is 2. The van der Waals surface area contributed by atoms with E-state index >= 15 is 0 Å². The Hall–Kier alpha value is -3.75. The predicted molar refractivity (Wildman–Crippen MR) is 104 cm³/mol. The summed E-state index contributed by atoms with van der Waals surface area (Å²) in [5.74, 6) is 0.611. The van der Waals surface area contributed by atoms with Gasteiger partial charge in [-0.3, -0.25) is 14.6 Å². The molecule has 9 nitrogen and oxygen atoms in total. The highest BCUT2D eigenvalue weighted by Gasteiger charge is 2.24. The van der Waals surface area contributed by atoms with Crippen LogP contribution in [0, 0.1) is 0 Å². The Bertz CT molecular complexity index is 952. The molecule has 0 aromatic carbocycles. The average molecular weight is 392 g/mol. The third-order valence-corrected chi connectivity index (χ3v) is 4.66. The summed E-state index contributed by atoms with van der Waals surface area (Å²) in [4.78, 5) is 32.5. The lowest BCUT2D eigenvalue weighted by Gasteiger charge is -2.34. The van der Waals surface area contributed by atoms with Crippen LogP contribution in [0.1, 0.15) is 26.7 Å². The maximum absolute atomic E-state index is 12.3. The van der Waals surface area contributed by atoms with Crippen molar-refractivity contribution in [2.45, 2.75) is 6.54 Å². The molecule has 0 radical (unpaired) electrons. The first kappa shape index (κ1) is 18.6. The van der Waals surface area contributed by atoms with Gasteiger partial charge in [-0.2, -0.15) is 0 Å². The van der Waals surface area contributed by atoms with E-state index in [-0.39, 0.29) is 17.5 Å². The SMILES string of the molecule is O=C(NCc1ccccn1)c1ccc(N2CCN(C(=O)c3ccco3)CC2)nn1. The number of carbonyl (C=O) groups is 2. The van der Waals surface area contributed by atoms with E-state index in [0.29, 0.717) is 44.3 Å². The Morgan fingerprint density at radius 2 is 1.86 bits per heavy atom. The van der Waals surface area contributed by atoms with Crippen molar-refractivity contribution in [2.75, 3.05) is 31.1 Å². The standard InChI is InChI=1S/C20H20N6O3/c27-19(22-14-15-4-1-2-8-21-15)16-6-7-18(24-23-16)25-9-11-26(12-10-25)20(28)17-5-3-13-29-17/h1-8,13H,9-12,14H2,(H,22,27). The van der Waals surface area contributed by atoms with Crippen molar-refractivity contribution >= 4 is 17.6 Å². The summed E-state index contributed by atoms with van der Waals surface area (Å²) in [6, 6.07) is 12.3. The van der Waals surface area contributed by atoms with Gasteiger partial charge in [0.25, 0.3) is 11.8 Å². The number of amides is 2. The summed E-state index contributed by atoms with van der Waals surface area (Å²) >= 11 is 0. The quantitative estimate of drug-likeness (QED) is 0.699. The van der Waals surface area contributed by atoms with Crippen LogP contribution in [-0.2, 0) is 6.54 Å². The molecule has 9 heteroatoms. The van der Waals surface area contributed by atoms with Crippen molar-refractivity contribution in [3.05, 3.63) is 72.1 Å². The molecule has 29 heavy (non-hydrogen) atoms. The topological polar surface area (TPSA) is 104 Å². The number of aromatic nitrogens is 3. The molecule has 0 bridgehead atoms. The van der Waals surface area contributed by atoms with Gasteiger partial charge in [0.05, 0.1) is 18.5 Å². The summed E-state index contributed by atoms with van der Waals surface area (Å²) in [7, 11) is 0. The number of furan rings is 1. The fraction of sp³-hybridized carbons (Fsp3) is 0.250. The van der Waals surface area contributed by atoms with Crippen molar-refractivity contribution in [2.24, 2.45) is 0 Å². The highest BCUT2D eigenvalue weighted by Crippen LogP contribution is 2.15. The maximum Gasteiger partial charge on any atom is 0.289 e. The highest BCUT2D eigenvalue weighted by atomic mass is 16.3. The molecule has 0 aliphatic carbocycles. The van der Waals surface area contributed by atoms with Crippen molar-refractivity contribution in [1.29, 1.82) is 0 Å². The molecule has 0 unspecified atom stereocenters.